The predicted molar refractivity (Wildman–Crippen MR) is 80.5 cm³/mol. The van der Waals surface area contributed by atoms with Gasteiger partial charge >= 0.3 is 0 Å². The molecule has 20 heavy (non-hydrogen) atoms. The molecule has 0 spiro atoms. The fourth-order valence-corrected chi connectivity index (χ4v) is 5.20. The van der Waals surface area contributed by atoms with Crippen molar-refractivity contribution in [3.05, 3.63) is 0 Å². The van der Waals surface area contributed by atoms with Crippen molar-refractivity contribution in [3.8, 4) is 0 Å². The molecule has 0 heterocycles. The fourth-order valence-electron chi connectivity index (χ4n) is 4.03. The Kier molecular flexibility index (Phi) is 4.59. The van der Waals surface area contributed by atoms with Crippen LogP contribution in [0.1, 0.15) is 51.4 Å². The number of carbonyl (C=O) groups is 1. The maximum atomic E-state index is 13.0. The van der Waals surface area contributed by atoms with Gasteiger partial charge in [-0.15, -0.1) is 0 Å². The van der Waals surface area contributed by atoms with Crippen molar-refractivity contribution in [3.63, 3.8) is 0 Å². The average molecular weight is 301 g/mol. The highest BCUT2D eigenvalue weighted by molar-refractivity contribution is 7.91. The first kappa shape index (κ1) is 16.0. The van der Waals surface area contributed by atoms with Crippen molar-refractivity contribution in [2.45, 2.75) is 62.2 Å². The smallest absolute Gasteiger partial charge is 0.156 e. The third-order valence-corrected chi connectivity index (χ3v) is 6.99. The number of likely N-dealkylation sites (N-methyl/N-ethyl adjacent to an activating group) is 1. The number of nitrogens with zero attached hydrogens (tertiary/aromatic N) is 1. The molecular weight excluding hydrogens is 274 g/mol. The number of ketones is 1. The van der Waals surface area contributed by atoms with Crippen molar-refractivity contribution in [2.75, 3.05) is 20.4 Å². The van der Waals surface area contributed by atoms with Gasteiger partial charge < -0.3 is 0 Å². The standard InChI is InChI=1S/C15H27NO3S/c1-16(2)15(9-4-5-10-15)14(17)12-7-6-8-13(11-12)20(3,18)19/h12-13H,4-11H2,1-3H3. The van der Waals surface area contributed by atoms with Crippen molar-refractivity contribution in [1.82, 2.24) is 4.90 Å². The SMILES string of the molecule is CN(C)C1(C(=O)C2CCCC(S(C)(=O)=O)C2)CCCC1. The van der Waals surface area contributed by atoms with E-state index in [0.29, 0.717) is 12.2 Å². The third kappa shape index (κ3) is 2.93. The molecule has 2 aliphatic carbocycles. The van der Waals surface area contributed by atoms with Crippen LogP contribution in [0.4, 0.5) is 0 Å². The summed E-state index contributed by atoms with van der Waals surface area (Å²) < 4.78 is 23.5. The molecular formula is C15H27NO3S. The second-order valence-corrected chi connectivity index (χ2v) is 9.14. The Bertz CT molecular complexity index is 464. The highest BCUT2D eigenvalue weighted by atomic mass is 32.2. The average Bonchev–Trinajstić information content (AvgIpc) is 2.87. The van der Waals surface area contributed by atoms with Crippen LogP contribution in [-0.2, 0) is 14.6 Å². The largest absolute Gasteiger partial charge is 0.297 e. The second kappa shape index (κ2) is 5.76. The number of sulfone groups is 1. The Morgan fingerprint density at radius 3 is 2.20 bits per heavy atom. The maximum absolute atomic E-state index is 13.0. The van der Waals surface area contributed by atoms with Gasteiger partial charge in [0.2, 0.25) is 0 Å². The minimum atomic E-state index is -3.02. The van der Waals surface area contributed by atoms with Crippen LogP contribution in [0, 0.1) is 5.92 Å². The van der Waals surface area contributed by atoms with E-state index in [4.69, 9.17) is 0 Å². The van der Waals surface area contributed by atoms with Crippen LogP contribution >= 0.6 is 0 Å². The van der Waals surface area contributed by atoms with Crippen LogP contribution in [0.15, 0.2) is 0 Å². The summed E-state index contributed by atoms with van der Waals surface area (Å²) in [5.41, 5.74) is -0.329. The van der Waals surface area contributed by atoms with E-state index >= 15 is 0 Å². The summed E-state index contributed by atoms with van der Waals surface area (Å²) in [6.07, 6.45) is 8.35. The number of carbonyl (C=O) groups excluding carboxylic acids is 1. The number of hydrogen-bond acceptors (Lipinski definition) is 4. The monoisotopic (exact) mass is 301 g/mol. The molecule has 4 nitrogen and oxygen atoms in total. The molecule has 0 aliphatic heterocycles. The summed E-state index contributed by atoms with van der Waals surface area (Å²) >= 11 is 0. The lowest BCUT2D eigenvalue weighted by Crippen LogP contribution is -2.52. The Morgan fingerprint density at radius 1 is 1.10 bits per heavy atom. The van der Waals surface area contributed by atoms with Crippen LogP contribution in [-0.4, -0.2) is 50.2 Å². The van der Waals surface area contributed by atoms with Gasteiger partial charge in [-0.1, -0.05) is 19.3 Å². The van der Waals surface area contributed by atoms with E-state index in [9.17, 15) is 13.2 Å². The van der Waals surface area contributed by atoms with E-state index in [-0.39, 0.29) is 16.7 Å². The molecule has 0 amide bonds. The van der Waals surface area contributed by atoms with Gasteiger partial charge in [0.15, 0.2) is 5.78 Å². The van der Waals surface area contributed by atoms with Crippen molar-refractivity contribution >= 4 is 15.6 Å². The second-order valence-electron chi connectivity index (χ2n) is 6.81. The van der Waals surface area contributed by atoms with Gasteiger partial charge in [0.1, 0.15) is 9.84 Å². The van der Waals surface area contributed by atoms with E-state index in [1.54, 1.807) is 0 Å². The van der Waals surface area contributed by atoms with Gasteiger partial charge in [0.25, 0.3) is 0 Å². The zero-order valence-electron chi connectivity index (χ0n) is 12.9. The van der Waals surface area contributed by atoms with Crippen LogP contribution < -0.4 is 0 Å². The van der Waals surface area contributed by atoms with Gasteiger partial charge in [-0.3, -0.25) is 9.69 Å². The molecule has 2 rings (SSSR count). The van der Waals surface area contributed by atoms with Gasteiger partial charge in [-0.2, -0.15) is 0 Å². The number of rotatable bonds is 4. The molecule has 2 fully saturated rings. The molecule has 5 heteroatoms. The van der Waals surface area contributed by atoms with Crippen LogP contribution in [0.25, 0.3) is 0 Å². The molecule has 116 valence electrons. The first-order valence-electron chi connectivity index (χ1n) is 7.68. The summed E-state index contributed by atoms with van der Waals surface area (Å²) in [7, 11) is 0.951. The summed E-state index contributed by atoms with van der Waals surface area (Å²) in [6, 6.07) is 0. The van der Waals surface area contributed by atoms with Gasteiger partial charge in [0, 0.05) is 12.2 Å². The minimum Gasteiger partial charge on any atom is -0.297 e. The minimum absolute atomic E-state index is 0.0658. The Labute approximate surface area is 122 Å². The van der Waals surface area contributed by atoms with Crippen LogP contribution in [0.3, 0.4) is 0 Å². The molecule has 2 atom stereocenters. The zero-order valence-corrected chi connectivity index (χ0v) is 13.7. The normalized spacial score (nSPS) is 30.6. The van der Waals surface area contributed by atoms with Crippen LogP contribution in [0.2, 0.25) is 0 Å². The Morgan fingerprint density at radius 2 is 1.70 bits per heavy atom. The summed E-state index contributed by atoms with van der Waals surface area (Å²) in [4.78, 5) is 15.1. The molecule has 0 aromatic heterocycles. The van der Waals surface area contributed by atoms with E-state index < -0.39 is 9.84 Å². The van der Waals surface area contributed by atoms with E-state index in [0.717, 1.165) is 44.9 Å². The molecule has 0 aromatic rings. The lowest BCUT2D eigenvalue weighted by molar-refractivity contribution is -0.134. The van der Waals surface area contributed by atoms with Crippen molar-refractivity contribution in [2.24, 2.45) is 5.92 Å². The molecule has 0 radical (unpaired) electrons. The maximum Gasteiger partial charge on any atom is 0.156 e. The van der Waals surface area contributed by atoms with Crippen molar-refractivity contribution in [1.29, 1.82) is 0 Å². The van der Waals surface area contributed by atoms with E-state index in [1.807, 2.05) is 14.1 Å². The van der Waals surface area contributed by atoms with Gasteiger partial charge in [-0.05, 0) is 46.2 Å². The van der Waals surface area contributed by atoms with E-state index in [1.165, 1.54) is 6.26 Å². The van der Waals surface area contributed by atoms with Crippen molar-refractivity contribution < 1.29 is 13.2 Å². The quantitative estimate of drug-likeness (QED) is 0.797. The Hall–Kier alpha value is -0.420. The molecule has 0 saturated heterocycles. The molecule has 0 aromatic carbocycles. The fraction of sp³-hybridized carbons (Fsp3) is 0.933. The highest BCUT2D eigenvalue weighted by Gasteiger charge is 2.47. The highest BCUT2D eigenvalue weighted by Crippen LogP contribution is 2.40. The summed E-state index contributed by atoms with van der Waals surface area (Å²) in [6.45, 7) is 0. The first-order valence-corrected chi connectivity index (χ1v) is 9.63. The molecule has 2 unspecified atom stereocenters. The first-order chi connectivity index (χ1) is 9.27. The lowest BCUT2D eigenvalue weighted by Gasteiger charge is -2.39. The number of Topliss-reactive ketones (excluding diaryl/α,β-unsaturated/α-hetero) is 1. The van der Waals surface area contributed by atoms with Gasteiger partial charge in [-0.25, -0.2) is 8.42 Å². The lowest BCUT2D eigenvalue weighted by atomic mass is 9.76. The van der Waals surface area contributed by atoms with E-state index in [2.05, 4.69) is 4.90 Å². The number of hydrogen-bond donors (Lipinski definition) is 0. The molecule has 2 aliphatic rings. The summed E-state index contributed by atoms with van der Waals surface area (Å²) in [5.74, 6) is 0.234. The topological polar surface area (TPSA) is 54.5 Å². The molecule has 0 bridgehead atoms. The summed E-state index contributed by atoms with van der Waals surface area (Å²) in [5, 5.41) is -0.314. The zero-order chi connectivity index (χ0) is 15.0. The third-order valence-electron chi connectivity index (χ3n) is 5.35. The molecule has 0 N–H and O–H groups in total. The Balaban J connectivity index is 2.16. The predicted octanol–water partition coefficient (Wildman–Crippen LogP) is 2.03. The molecule has 2 saturated carbocycles. The van der Waals surface area contributed by atoms with Crippen LogP contribution in [0.5, 0.6) is 0 Å². The van der Waals surface area contributed by atoms with Gasteiger partial charge in [0.05, 0.1) is 10.8 Å².